The maximum Gasteiger partial charge on any atom is 0.191 e. The SMILES string of the molecule is CN=C(NCCc1c[nH]c2c(C)cccc12)NCCN(C)C1CCCC1. The van der Waals surface area contributed by atoms with Gasteiger partial charge >= 0.3 is 0 Å². The summed E-state index contributed by atoms with van der Waals surface area (Å²) in [5.74, 6) is 0.890. The van der Waals surface area contributed by atoms with Gasteiger partial charge in [-0.25, -0.2) is 0 Å². The minimum absolute atomic E-state index is 0.775. The van der Waals surface area contributed by atoms with Crippen LogP contribution in [-0.4, -0.2) is 55.6 Å². The summed E-state index contributed by atoms with van der Waals surface area (Å²) < 4.78 is 0. The van der Waals surface area contributed by atoms with Crippen LogP contribution < -0.4 is 10.6 Å². The van der Waals surface area contributed by atoms with Gasteiger partial charge < -0.3 is 20.5 Å². The fraction of sp³-hybridized carbons (Fsp3) is 0.571. The van der Waals surface area contributed by atoms with E-state index in [0.717, 1.165) is 38.1 Å². The number of H-pyrrole nitrogens is 1. The number of fused-ring (bicyclic) bond motifs is 1. The zero-order chi connectivity index (χ0) is 18.4. The lowest BCUT2D eigenvalue weighted by molar-refractivity contribution is 0.249. The van der Waals surface area contributed by atoms with Crippen LogP contribution >= 0.6 is 0 Å². The molecule has 0 unspecified atom stereocenters. The second-order valence-corrected chi connectivity index (χ2v) is 7.41. The third-order valence-electron chi connectivity index (χ3n) is 5.62. The van der Waals surface area contributed by atoms with E-state index in [4.69, 9.17) is 0 Å². The van der Waals surface area contributed by atoms with Gasteiger partial charge in [-0.1, -0.05) is 31.0 Å². The molecule has 1 fully saturated rings. The number of aromatic nitrogens is 1. The molecule has 3 N–H and O–H groups in total. The minimum atomic E-state index is 0.775. The molecule has 0 bridgehead atoms. The molecule has 0 atom stereocenters. The molecule has 1 aromatic carbocycles. The van der Waals surface area contributed by atoms with Crippen molar-refractivity contribution in [1.82, 2.24) is 20.5 Å². The predicted octanol–water partition coefficient (Wildman–Crippen LogP) is 3.06. The quantitative estimate of drug-likeness (QED) is 0.528. The smallest absolute Gasteiger partial charge is 0.191 e. The number of para-hydroxylation sites is 1. The molecule has 5 nitrogen and oxygen atoms in total. The van der Waals surface area contributed by atoms with Gasteiger partial charge in [0.2, 0.25) is 0 Å². The van der Waals surface area contributed by atoms with Crippen molar-refractivity contribution in [2.45, 2.75) is 45.1 Å². The van der Waals surface area contributed by atoms with Gasteiger partial charge in [0.1, 0.15) is 0 Å². The summed E-state index contributed by atoms with van der Waals surface area (Å²) in [6.07, 6.45) is 8.59. The molecule has 1 aliphatic rings. The number of hydrogen-bond donors (Lipinski definition) is 3. The van der Waals surface area contributed by atoms with Crippen LogP contribution in [0.1, 0.15) is 36.8 Å². The molecule has 5 heteroatoms. The van der Waals surface area contributed by atoms with Crippen LogP contribution in [0.25, 0.3) is 10.9 Å². The van der Waals surface area contributed by atoms with Crippen molar-refractivity contribution >= 4 is 16.9 Å². The number of nitrogens with zero attached hydrogens (tertiary/aromatic N) is 2. The van der Waals surface area contributed by atoms with Crippen LogP contribution in [0.5, 0.6) is 0 Å². The summed E-state index contributed by atoms with van der Waals surface area (Å²) in [5.41, 5.74) is 3.90. The van der Waals surface area contributed by atoms with Gasteiger partial charge in [-0.05, 0) is 44.4 Å². The van der Waals surface area contributed by atoms with Gasteiger partial charge in [-0.3, -0.25) is 4.99 Å². The van der Waals surface area contributed by atoms with Crippen molar-refractivity contribution in [1.29, 1.82) is 0 Å². The standard InChI is InChI=1S/C21H33N5/c1-16-7-6-10-19-17(15-25-20(16)19)11-12-23-21(22-2)24-13-14-26(3)18-8-4-5-9-18/h6-7,10,15,18,25H,4-5,8-9,11-14H2,1-3H3,(H2,22,23,24). The molecule has 3 rings (SSSR count). The van der Waals surface area contributed by atoms with Crippen LogP contribution in [0, 0.1) is 6.92 Å². The monoisotopic (exact) mass is 355 g/mol. The molecule has 26 heavy (non-hydrogen) atoms. The highest BCUT2D eigenvalue weighted by Crippen LogP contribution is 2.22. The third-order valence-corrected chi connectivity index (χ3v) is 5.62. The Hall–Kier alpha value is -2.01. The Balaban J connectivity index is 1.41. The van der Waals surface area contributed by atoms with Crippen LogP contribution in [0.3, 0.4) is 0 Å². The number of aliphatic imine (C=N–C) groups is 1. The largest absolute Gasteiger partial charge is 0.361 e. The maximum absolute atomic E-state index is 4.35. The lowest BCUT2D eigenvalue weighted by atomic mass is 10.1. The first-order valence-electron chi connectivity index (χ1n) is 9.89. The predicted molar refractivity (Wildman–Crippen MR) is 111 cm³/mol. The first-order valence-corrected chi connectivity index (χ1v) is 9.89. The average Bonchev–Trinajstić information content (AvgIpc) is 3.31. The number of likely N-dealkylation sites (N-methyl/N-ethyl adjacent to an activating group) is 1. The molecule has 2 aromatic rings. The lowest BCUT2D eigenvalue weighted by Gasteiger charge is -2.24. The zero-order valence-corrected chi connectivity index (χ0v) is 16.4. The molecule has 1 saturated carbocycles. The summed E-state index contributed by atoms with van der Waals surface area (Å²) in [5, 5.41) is 8.20. The van der Waals surface area contributed by atoms with Gasteiger partial charge in [0.05, 0.1) is 0 Å². The van der Waals surface area contributed by atoms with Crippen molar-refractivity contribution in [2.75, 3.05) is 33.7 Å². The van der Waals surface area contributed by atoms with E-state index in [1.54, 1.807) is 0 Å². The summed E-state index contributed by atoms with van der Waals surface area (Å²) in [6, 6.07) is 7.25. The van der Waals surface area contributed by atoms with E-state index < -0.39 is 0 Å². The Morgan fingerprint density at radius 1 is 1.23 bits per heavy atom. The lowest BCUT2D eigenvalue weighted by Crippen LogP contribution is -2.43. The van der Waals surface area contributed by atoms with Crippen molar-refractivity contribution in [2.24, 2.45) is 4.99 Å². The van der Waals surface area contributed by atoms with Crippen LogP contribution in [0.4, 0.5) is 0 Å². The van der Waals surface area contributed by atoms with Crippen LogP contribution in [0.2, 0.25) is 0 Å². The minimum Gasteiger partial charge on any atom is -0.361 e. The van der Waals surface area contributed by atoms with Gasteiger partial charge in [0, 0.05) is 49.8 Å². The van der Waals surface area contributed by atoms with Crippen molar-refractivity contribution in [3.8, 4) is 0 Å². The van der Waals surface area contributed by atoms with E-state index in [9.17, 15) is 0 Å². The number of aryl methyl sites for hydroxylation is 1. The highest BCUT2D eigenvalue weighted by atomic mass is 15.2. The second-order valence-electron chi connectivity index (χ2n) is 7.41. The van der Waals surface area contributed by atoms with Crippen molar-refractivity contribution < 1.29 is 0 Å². The van der Waals surface area contributed by atoms with Crippen molar-refractivity contribution in [3.05, 3.63) is 35.5 Å². The molecule has 0 amide bonds. The van der Waals surface area contributed by atoms with E-state index >= 15 is 0 Å². The molecule has 1 aliphatic carbocycles. The van der Waals surface area contributed by atoms with E-state index in [-0.39, 0.29) is 0 Å². The number of hydrogen-bond acceptors (Lipinski definition) is 2. The molecule has 142 valence electrons. The summed E-state index contributed by atoms with van der Waals surface area (Å²) in [4.78, 5) is 10.2. The Morgan fingerprint density at radius 2 is 2.00 bits per heavy atom. The average molecular weight is 356 g/mol. The van der Waals surface area contributed by atoms with Crippen LogP contribution in [-0.2, 0) is 6.42 Å². The second kappa shape index (κ2) is 9.08. The first-order chi connectivity index (χ1) is 12.7. The Kier molecular flexibility index (Phi) is 6.56. The normalized spacial score (nSPS) is 15.9. The summed E-state index contributed by atoms with van der Waals surface area (Å²) >= 11 is 0. The number of rotatable bonds is 7. The summed E-state index contributed by atoms with van der Waals surface area (Å²) in [6.45, 7) is 5.01. The Morgan fingerprint density at radius 3 is 2.77 bits per heavy atom. The fourth-order valence-electron chi connectivity index (χ4n) is 3.99. The van der Waals surface area contributed by atoms with E-state index in [2.05, 4.69) is 63.9 Å². The fourth-order valence-corrected chi connectivity index (χ4v) is 3.99. The first kappa shape index (κ1) is 18.8. The summed E-state index contributed by atoms with van der Waals surface area (Å²) in [7, 11) is 4.08. The van der Waals surface area contributed by atoms with E-state index in [0.29, 0.717) is 0 Å². The molecule has 1 aromatic heterocycles. The maximum atomic E-state index is 4.35. The number of aromatic amines is 1. The van der Waals surface area contributed by atoms with Crippen LogP contribution in [0.15, 0.2) is 29.4 Å². The molecule has 1 heterocycles. The third kappa shape index (κ3) is 4.58. The van der Waals surface area contributed by atoms with Gasteiger partial charge in [0.25, 0.3) is 0 Å². The zero-order valence-electron chi connectivity index (χ0n) is 16.4. The van der Waals surface area contributed by atoms with Gasteiger partial charge in [-0.15, -0.1) is 0 Å². The molecular formula is C21H33N5. The van der Waals surface area contributed by atoms with Crippen molar-refractivity contribution in [3.63, 3.8) is 0 Å². The van der Waals surface area contributed by atoms with Gasteiger partial charge in [-0.2, -0.15) is 0 Å². The molecular weight excluding hydrogens is 322 g/mol. The number of benzene rings is 1. The van der Waals surface area contributed by atoms with E-state index in [1.165, 1.54) is 47.7 Å². The molecule has 0 spiro atoms. The number of guanidine groups is 1. The van der Waals surface area contributed by atoms with Gasteiger partial charge in [0.15, 0.2) is 5.96 Å². The number of nitrogens with one attached hydrogen (secondary N) is 3. The molecule has 0 aliphatic heterocycles. The highest BCUT2D eigenvalue weighted by molar-refractivity contribution is 5.86. The Labute approximate surface area is 157 Å². The highest BCUT2D eigenvalue weighted by Gasteiger charge is 2.18. The van der Waals surface area contributed by atoms with E-state index in [1.807, 2.05) is 7.05 Å². The topological polar surface area (TPSA) is 55.5 Å². The molecule has 0 saturated heterocycles. The Bertz CT molecular complexity index is 727. The molecule has 0 radical (unpaired) electrons.